The van der Waals surface area contributed by atoms with E-state index in [4.69, 9.17) is 4.98 Å². The highest BCUT2D eigenvalue weighted by molar-refractivity contribution is 5.79. The van der Waals surface area contributed by atoms with Gasteiger partial charge in [-0.1, -0.05) is 12.1 Å². The maximum atomic E-state index is 11.8. The van der Waals surface area contributed by atoms with Gasteiger partial charge in [0.25, 0.3) is 0 Å². The van der Waals surface area contributed by atoms with Gasteiger partial charge in [0.15, 0.2) is 0 Å². The van der Waals surface area contributed by atoms with Crippen LogP contribution in [0, 0.1) is 0 Å². The lowest BCUT2D eigenvalue weighted by Gasteiger charge is -2.35. The van der Waals surface area contributed by atoms with Crippen LogP contribution in [0.1, 0.15) is 35.6 Å². The third kappa shape index (κ3) is 5.45. The van der Waals surface area contributed by atoms with Gasteiger partial charge in [-0.2, -0.15) is 0 Å². The molecule has 0 aliphatic carbocycles. The van der Waals surface area contributed by atoms with E-state index in [1.807, 2.05) is 12.1 Å². The summed E-state index contributed by atoms with van der Waals surface area (Å²) in [4.78, 5) is 29.8. The van der Waals surface area contributed by atoms with Crippen LogP contribution in [-0.2, 0) is 11.2 Å². The Morgan fingerprint density at radius 3 is 2.58 bits per heavy atom. The van der Waals surface area contributed by atoms with Crippen molar-refractivity contribution in [3.63, 3.8) is 0 Å². The van der Waals surface area contributed by atoms with Crippen molar-refractivity contribution in [1.82, 2.24) is 30.1 Å². The Labute approximate surface area is 212 Å². The van der Waals surface area contributed by atoms with Gasteiger partial charge in [-0.25, -0.2) is 15.0 Å². The molecule has 186 valence electrons. The van der Waals surface area contributed by atoms with Crippen LogP contribution in [0.15, 0.2) is 55.3 Å². The zero-order valence-corrected chi connectivity index (χ0v) is 20.9. The summed E-state index contributed by atoms with van der Waals surface area (Å²) < 4.78 is 0. The van der Waals surface area contributed by atoms with Gasteiger partial charge in [0.05, 0.1) is 5.69 Å². The SMILES string of the molecule is CN(C)C1CCN(CCc2ccc(Nc3nc(-c4cncnc4)cc4c3C(C=O)NC=C4)cc2)CC1. The number of piperidine rings is 1. The summed E-state index contributed by atoms with van der Waals surface area (Å²) in [6.45, 7) is 3.42. The normalized spacial score (nSPS) is 18.0. The predicted molar refractivity (Wildman–Crippen MR) is 143 cm³/mol. The van der Waals surface area contributed by atoms with E-state index in [2.05, 4.69) is 68.8 Å². The first-order valence-corrected chi connectivity index (χ1v) is 12.5. The van der Waals surface area contributed by atoms with Crippen LogP contribution in [0.2, 0.25) is 0 Å². The molecule has 0 radical (unpaired) electrons. The summed E-state index contributed by atoms with van der Waals surface area (Å²) in [6, 6.07) is 10.7. The van der Waals surface area contributed by atoms with E-state index in [1.54, 1.807) is 18.6 Å². The molecule has 5 rings (SSSR count). The van der Waals surface area contributed by atoms with Gasteiger partial charge >= 0.3 is 0 Å². The lowest BCUT2D eigenvalue weighted by molar-refractivity contribution is -0.109. The summed E-state index contributed by atoms with van der Waals surface area (Å²) in [5, 5.41) is 6.57. The average Bonchev–Trinajstić information content (AvgIpc) is 2.93. The Morgan fingerprint density at radius 1 is 1.14 bits per heavy atom. The minimum Gasteiger partial charge on any atom is -0.378 e. The number of carbonyl (C=O) groups excluding carboxylic acids is 1. The number of hydrogen-bond donors (Lipinski definition) is 2. The van der Waals surface area contributed by atoms with Crippen molar-refractivity contribution < 1.29 is 4.79 Å². The lowest BCUT2D eigenvalue weighted by atomic mass is 9.97. The first-order chi connectivity index (χ1) is 17.6. The number of fused-ring (bicyclic) bond motifs is 1. The van der Waals surface area contributed by atoms with Gasteiger partial charge in [-0.3, -0.25) is 0 Å². The molecule has 2 aliphatic rings. The second kappa shape index (κ2) is 11.0. The minimum atomic E-state index is -0.461. The smallest absolute Gasteiger partial charge is 0.146 e. The molecular weight excluding hydrogens is 450 g/mol. The van der Waals surface area contributed by atoms with E-state index in [-0.39, 0.29) is 0 Å². The molecule has 0 amide bonds. The lowest BCUT2D eigenvalue weighted by Crippen LogP contribution is -2.42. The standard InChI is InChI=1S/C28H33N7O/c1-34(2)24-9-13-35(14-10-24)12-8-20-3-5-23(6-4-20)32-28-27-21(7-11-31-26(27)18-36)15-25(33-28)22-16-29-19-30-17-22/h3-7,11,15-19,24,26,31H,8-10,12-14H2,1-2H3,(H,32,33). The van der Waals surface area contributed by atoms with E-state index in [1.165, 1.54) is 37.8 Å². The molecule has 0 saturated carbocycles. The van der Waals surface area contributed by atoms with Crippen LogP contribution in [0.4, 0.5) is 11.5 Å². The zero-order chi connectivity index (χ0) is 24.9. The second-order valence-electron chi connectivity index (χ2n) is 9.71. The number of aldehydes is 1. The summed E-state index contributed by atoms with van der Waals surface area (Å²) >= 11 is 0. The van der Waals surface area contributed by atoms with E-state index < -0.39 is 6.04 Å². The fourth-order valence-electron chi connectivity index (χ4n) is 4.98. The fourth-order valence-corrected chi connectivity index (χ4v) is 4.98. The van der Waals surface area contributed by atoms with E-state index >= 15 is 0 Å². The molecule has 1 atom stereocenters. The molecule has 2 aliphatic heterocycles. The van der Waals surface area contributed by atoms with Crippen molar-refractivity contribution >= 4 is 23.9 Å². The molecule has 0 spiro atoms. The molecular formula is C28H33N7O. The fraction of sp³-hybridized carbons (Fsp3) is 0.357. The molecule has 4 heterocycles. The quantitative estimate of drug-likeness (QED) is 0.470. The van der Waals surface area contributed by atoms with Crippen LogP contribution >= 0.6 is 0 Å². The Bertz CT molecular complexity index is 1200. The molecule has 8 nitrogen and oxygen atoms in total. The molecule has 0 bridgehead atoms. The van der Waals surface area contributed by atoms with E-state index in [0.717, 1.165) is 47.3 Å². The molecule has 2 aromatic heterocycles. The number of hydrogen-bond acceptors (Lipinski definition) is 8. The molecule has 1 unspecified atom stereocenters. The third-order valence-electron chi connectivity index (χ3n) is 7.15. The van der Waals surface area contributed by atoms with Gasteiger partial charge in [0.1, 0.15) is 24.5 Å². The van der Waals surface area contributed by atoms with Crippen molar-refractivity contribution in [2.75, 3.05) is 39.0 Å². The van der Waals surface area contributed by atoms with Crippen LogP contribution in [0.25, 0.3) is 17.3 Å². The van der Waals surface area contributed by atoms with Gasteiger partial charge in [-0.15, -0.1) is 0 Å². The number of aromatic nitrogens is 3. The van der Waals surface area contributed by atoms with Crippen molar-refractivity contribution in [2.45, 2.75) is 31.3 Å². The summed E-state index contributed by atoms with van der Waals surface area (Å²) in [5.74, 6) is 0.650. The monoisotopic (exact) mass is 483 g/mol. The molecule has 1 fully saturated rings. The van der Waals surface area contributed by atoms with Crippen LogP contribution < -0.4 is 10.6 Å². The van der Waals surface area contributed by atoms with Crippen molar-refractivity contribution in [3.8, 4) is 11.3 Å². The van der Waals surface area contributed by atoms with Crippen molar-refractivity contribution in [2.24, 2.45) is 0 Å². The third-order valence-corrected chi connectivity index (χ3v) is 7.15. The number of nitrogens with one attached hydrogen (secondary N) is 2. The predicted octanol–water partition coefficient (Wildman–Crippen LogP) is 3.66. The highest BCUT2D eigenvalue weighted by Gasteiger charge is 2.23. The molecule has 2 N–H and O–H groups in total. The van der Waals surface area contributed by atoms with Gasteiger partial charge in [-0.05, 0) is 88.0 Å². The number of likely N-dealkylation sites (tertiary alicyclic amines) is 1. The molecule has 1 saturated heterocycles. The Balaban J connectivity index is 1.30. The Kier molecular flexibility index (Phi) is 7.34. The van der Waals surface area contributed by atoms with Crippen LogP contribution in [0.3, 0.4) is 0 Å². The number of nitrogens with zero attached hydrogens (tertiary/aromatic N) is 5. The second-order valence-corrected chi connectivity index (χ2v) is 9.71. The Morgan fingerprint density at radius 2 is 1.89 bits per heavy atom. The first-order valence-electron chi connectivity index (χ1n) is 12.5. The molecule has 3 aromatic rings. The maximum Gasteiger partial charge on any atom is 0.146 e. The summed E-state index contributed by atoms with van der Waals surface area (Å²) in [6.07, 6.45) is 13.2. The number of rotatable bonds is 8. The average molecular weight is 484 g/mol. The highest BCUT2D eigenvalue weighted by atomic mass is 16.1. The maximum absolute atomic E-state index is 11.8. The number of pyridine rings is 1. The van der Waals surface area contributed by atoms with Crippen LogP contribution in [0.5, 0.6) is 0 Å². The number of anilines is 2. The summed E-state index contributed by atoms with van der Waals surface area (Å²) in [7, 11) is 4.36. The van der Waals surface area contributed by atoms with Gasteiger partial charge in [0.2, 0.25) is 0 Å². The number of benzene rings is 1. The summed E-state index contributed by atoms with van der Waals surface area (Å²) in [5.41, 5.74) is 5.59. The van der Waals surface area contributed by atoms with Crippen LogP contribution in [-0.4, -0.2) is 70.8 Å². The molecule has 1 aromatic carbocycles. The largest absolute Gasteiger partial charge is 0.378 e. The van der Waals surface area contributed by atoms with Gasteiger partial charge < -0.3 is 25.2 Å². The number of carbonyl (C=O) groups is 1. The minimum absolute atomic E-state index is 0.461. The topological polar surface area (TPSA) is 86.3 Å². The van der Waals surface area contributed by atoms with E-state index in [9.17, 15) is 4.79 Å². The van der Waals surface area contributed by atoms with Gasteiger partial charge in [0, 0.05) is 41.8 Å². The zero-order valence-electron chi connectivity index (χ0n) is 20.9. The van der Waals surface area contributed by atoms with E-state index in [0.29, 0.717) is 11.9 Å². The molecule has 36 heavy (non-hydrogen) atoms. The Hall–Kier alpha value is -3.62. The first kappa shape index (κ1) is 24.1. The highest BCUT2D eigenvalue weighted by Crippen LogP contribution is 2.33. The van der Waals surface area contributed by atoms with Crippen molar-refractivity contribution in [1.29, 1.82) is 0 Å². The van der Waals surface area contributed by atoms with Crippen molar-refractivity contribution in [3.05, 3.63) is 71.9 Å². The molecule has 8 heteroatoms.